The average Bonchev–Trinajstić information content (AvgIpc) is 3.02. The van der Waals surface area contributed by atoms with Gasteiger partial charge in [0.1, 0.15) is 0 Å². The summed E-state index contributed by atoms with van der Waals surface area (Å²) in [4.78, 5) is 11.2. The van der Waals surface area contributed by atoms with Crippen LogP contribution in [0, 0.1) is 0 Å². The van der Waals surface area contributed by atoms with Crippen molar-refractivity contribution in [3.05, 3.63) is 24.3 Å². The molecule has 1 aromatic carbocycles. The van der Waals surface area contributed by atoms with Crippen LogP contribution >= 0.6 is 11.8 Å². The van der Waals surface area contributed by atoms with Gasteiger partial charge in [-0.3, -0.25) is 4.79 Å². The van der Waals surface area contributed by atoms with Crippen molar-refractivity contribution in [1.29, 1.82) is 0 Å². The van der Waals surface area contributed by atoms with Crippen molar-refractivity contribution in [2.75, 3.05) is 17.7 Å². The Hall–Kier alpha value is -1.93. The highest BCUT2D eigenvalue weighted by atomic mass is 32.2. The summed E-state index contributed by atoms with van der Waals surface area (Å²) in [6, 6.07) is 7.45. The van der Waals surface area contributed by atoms with Crippen LogP contribution in [0.3, 0.4) is 0 Å². The second-order valence-electron chi connectivity index (χ2n) is 5.40. The molecule has 0 unspecified atom stereocenters. The second-order valence-corrected chi connectivity index (χ2v) is 6.39. The van der Waals surface area contributed by atoms with Gasteiger partial charge >= 0.3 is 0 Å². The number of benzene rings is 1. The molecule has 0 radical (unpaired) electrons. The molecule has 1 aliphatic rings. The molecule has 8 heteroatoms. The number of amides is 1. The number of thioether (sulfide) groups is 1. The second kappa shape index (κ2) is 7.56. The Morgan fingerprint density at radius 2 is 2.39 bits per heavy atom. The van der Waals surface area contributed by atoms with Crippen LogP contribution in [0.25, 0.3) is 5.69 Å². The van der Waals surface area contributed by atoms with Gasteiger partial charge in [-0.15, -0.1) is 5.10 Å². The zero-order chi connectivity index (χ0) is 16.1. The molecule has 1 amide bonds. The van der Waals surface area contributed by atoms with Crippen LogP contribution in [0.15, 0.2) is 29.4 Å². The number of nitrogens with one attached hydrogen (secondary N) is 1. The van der Waals surface area contributed by atoms with E-state index in [9.17, 15) is 4.79 Å². The lowest BCUT2D eigenvalue weighted by Gasteiger charge is -2.21. The number of tetrazole rings is 1. The first-order valence-electron chi connectivity index (χ1n) is 7.63. The van der Waals surface area contributed by atoms with E-state index < -0.39 is 0 Å². The Morgan fingerprint density at radius 1 is 1.48 bits per heavy atom. The number of nitrogens with zero attached hydrogens (tertiary/aromatic N) is 4. The van der Waals surface area contributed by atoms with E-state index in [-0.39, 0.29) is 12.0 Å². The molecule has 0 spiro atoms. The number of rotatable bonds is 5. The van der Waals surface area contributed by atoms with E-state index in [1.807, 2.05) is 24.3 Å². The van der Waals surface area contributed by atoms with Crippen LogP contribution in [0.4, 0.5) is 5.69 Å². The minimum atomic E-state index is -0.108. The average molecular weight is 333 g/mol. The van der Waals surface area contributed by atoms with Gasteiger partial charge in [-0.2, -0.15) is 4.68 Å². The Labute approximate surface area is 138 Å². The number of hydrogen-bond acceptors (Lipinski definition) is 6. The maximum atomic E-state index is 11.2. The van der Waals surface area contributed by atoms with E-state index in [4.69, 9.17) is 4.74 Å². The summed E-state index contributed by atoms with van der Waals surface area (Å²) in [7, 11) is 0. The first kappa shape index (κ1) is 15.9. The van der Waals surface area contributed by atoms with Crippen molar-refractivity contribution in [2.24, 2.45) is 0 Å². The summed E-state index contributed by atoms with van der Waals surface area (Å²) in [6.07, 6.45) is 3.72. The van der Waals surface area contributed by atoms with Crippen molar-refractivity contribution in [2.45, 2.75) is 37.4 Å². The predicted molar refractivity (Wildman–Crippen MR) is 87.8 cm³/mol. The van der Waals surface area contributed by atoms with Crippen molar-refractivity contribution in [1.82, 2.24) is 20.2 Å². The van der Waals surface area contributed by atoms with Crippen LogP contribution in [-0.4, -0.2) is 44.6 Å². The minimum Gasteiger partial charge on any atom is -0.377 e. The molecule has 1 aliphatic heterocycles. The molecule has 0 saturated carbocycles. The number of hydrogen-bond donors (Lipinski definition) is 1. The molecular formula is C15H19N5O2S. The van der Waals surface area contributed by atoms with E-state index in [1.165, 1.54) is 13.3 Å². The largest absolute Gasteiger partial charge is 0.377 e. The lowest BCUT2D eigenvalue weighted by atomic mass is 10.1. The summed E-state index contributed by atoms with van der Waals surface area (Å²) in [6.45, 7) is 2.32. The van der Waals surface area contributed by atoms with Crippen molar-refractivity contribution < 1.29 is 9.53 Å². The highest BCUT2D eigenvalue weighted by molar-refractivity contribution is 7.99. The Kier molecular flexibility index (Phi) is 5.24. The third-order valence-electron chi connectivity index (χ3n) is 3.52. The molecule has 1 aromatic heterocycles. The van der Waals surface area contributed by atoms with Crippen molar-refractivity contribution >= 4 is 23.4 Å². The standard InChI is InChI=1S/C15H19N5O2S/c1-11(21)16-12-5-4-6-13(9-12)20-15(17-18-19-20)23-10-14-7-2-3-8-22-14/h4-6,9,14H,2-3,7-8,10H2,1H3,(H,16,21)/t14-/m1/s1. The van der Waals surface area contributed by atoms with E-state index in [2.05, 4.69) is 20.8 Å². The lowest BCUT2D eigenvalue weighted by Crippen LogP contribution is -2.21. The van der Waals surface area contributed by atoms with Crippen LogP contribution in [0.1, 0.15) is 26.2 Å². The van der Waals surface area contributed by atoms with Gasteiger partial charge in [0.2, 0.25) is 11.1 Å². The molecule has 2 heterocycles. The first-order chi connectivity index (χ1) is 11.2. The van der Waals surface area contributed by atoms with Crippen molar-refractivity contribution in [3.8, 4) is 5.69 Å². The number of anilines is 1. The maximum absolute atomic E-state index is 11.2. The van der Waals surface area contributed by atoms with E-state index in [0.717, 1.165) is 41.7 Å². The maximum Gasteiger partial charge on any atom is 0.221 e. The summed E-state index contributed by atoms with van der Waals surface area (Å²) >= 11 is 1.59. The molecule has 0 aliphatic carbocycles. The van der Waals surface area contributed by atoms with Gasteiger partial charge in [0.25, 0.3) is 0 Å². The SMILES string of the molecule is CC(=O)Nc1cccc(-n2nnnc2SC[C@H]2CCCCO2)c1. The highest BCUT2D eigenvalue weighted by Crippen LogP contribution is 2.24. The van der Waals surface area contributed by atoms with Crippen LogP contribution in [0.2, 0.25) is 0 Å². The van der Waals surface area contributed by atoms with E-state index in [0.29, 0.717) is 0 Å². The highest BCUT2D eigenvalue weighted by Gasteiger charge is 2.17. The van der Waals surface area contributed by atoms with Gasteiger partial charge in [0.15, 0.2) is 0 Å². The number of aromatic nitrogens is 4. The molecule has 23 heavy (non-hydrogen) atoms. The van der Waals surface area contributed by atoms with Gasteiger partial charge in [-0.25, -0.2) is 0 Å². The molecule has 0 bridgehead atoms. The van der Waals surface area contributed by atoms with Crippen LogP contribution in [-0.2, 0) is 9.53 Å². The fourth-order valence-electron chi connectivity index (χ4n) is 2.46. The molecule has 1 fully saturated rings. The van der Waals surface area contributed by atoms with Crippen LogP contribution in [0.5, 0.6) is 0 Å². The number of ether oxygens (including phenoxy) is 1. The number of carbonyl (C=O) groups excluding carboxylic acids is 1. The zero-order valence-corrected chi connectivity index (χ0v) is 13.8. The monoisotopic (exact) mass is 333 g/mol. The topological polar surface area (TPSA) is 81.9 Å². The minimum absolute atomic E-state index is 0.108. The summed E-state index contributed by atoms with van der Waals surface area (Å²) in [5, 5.41) is 15.4. The van der Waals surface area contributed by atoms with Gasteiger partial charge in [0, 0.05) is 25.0 Å². The predicted octanol–water partition coefficient (Wildman–Crippen LogP) is 2.28. The van der Waals surface area contributed by atoms with Gasteiger partial charge in [-0.1, -0.05) is 17.8 Å². The zero-order valence-electron chi connectivity index (χ0n) is 12.9. The van der Waals surface area contributed by atoms with Gasteiger partial charge < -0.3 is 10.1 Å². The van der Waals surface area contributed by atoms with Crippen molar-refractivity contribution in [3.63, 3.8) is 0 Å². The third-order valence-corrected chi connectivity index (χ3v) is 4.58. The quantitative estimate of drug-likeness (QED) is 0.845. The summed E-state index contributed by atoms with van der Waals surface area (Å²) < 4.78 is 7.42. The van der Waals surface area contributed by atoms with Gasteiger partial charge in [-0.05, 0) is 47.9 Å². The van der Waals surface area contributed by atoms with E-state index in [1.54, 1.807) is 16.4 Å². The number of carbonyl (C=O) groups is 1. The fourth-order valence-corrected chi connectivity index (χ4v) is 3.41. The van der Waals surface area contributed by atoms with E-state index >= 15 is 0 Å². The fraction of sp³-hybridized carbons (Fsp3) is 0.467. The Bertz CT molecular complexity index is 669. The smallest absolute Gasteiger partial charge is 0.221 e. The molecular weight excluding hydrogens is 314 g/mol. The molecule has 3 rings (SSSR count). The molecule has 1 atom stereocenters. The molecule has 2 aromatic rings. The summed E-state index contributed by atoms with van der Waals surface area (Å²) in [5.41, 5.74) is 1.53. The molecule has 7 nitrogen and oxygen atoms in total. The third kappa shape index (κ3) is 4.29. The molecule has 122 valence electrons. The first-order valence-corrected chi connectivity index (χ1v) is 8.62. The summed E-state index contributed by atoms with van der Waals surface area (Å²) in [5.74, 6) is 0.731. The Morgan fingerprint density at radius 3 is 3.17 bits per heavy atom. The Balaban J connectivity index is 1.71. The molecule has 1 N–H and O–H groups in total. The van der Waals surface area contributed by atoms with Crippen LogP contribution < -0.4 is 5.32 Å². The molecule has 1 saturated heterocycles. The van der Waals surface area contributed by atoms with Gasteiger partial charge in [0.05, 0.1) is 11.8 Å². The normalized spacial score (nSPS) is 17.9. The lowest BCUT2D eigenvalue weighted by molar-refractivity contribution is -0.114.